The smallest absolute Gasteiger partial charge is 0.274 e. The fourth-order valence-electron chi connectivity index (χ4n) is 2.72. The Morgan fingerprint density at radius 3 is 2.40 bits per heavy atom. The lowest BCUT2D eigenvalue weighted by Crippen LogP contribution is -2.46. The number of piperazine rings is 1. The van der Waals surface area contributed by atoms with Crippen LogP contribution in [0.5, 0.6) is 0 Å². The maximum absolute atomic E-state index is 12.5. The van der Waals surface area contributed by atoms with Crippen LogP contribution in [0, 0.1) is 13.8 Å². The van der Waals surface area contributed by atoms with E-state index in [1.54, 1.807) is 17.9 Å². The Morgan fingerprint density at radius 2 is 1.76 bits per heavy atom. The Labute approximate surface area is 146 Å². The number of hydrogen-bond acceptors (Lipinski definition) is 5. The monoisotopic (exact) mass is 339 g/mol. The third-order valence-electron chi connectivity index (χ3n) is 4.15. The van der Waals surface area contributed by atoms with Crippen LogP contribution < -0.4 is 10.2 Å². The van der Waals surface area contributed by atoms with Gasteiger partial charge in [0, 0.05) is 37.9 Å². The van der Waals surface area contributed by atoms with Gasteiger partial charge >= 0.3 is 0 Å². The number of aromatic nitrogens is 2. The topological polar surface area (TPSA) is 78.4 Å². The van der Waals surface area contributed by atoms with Crippen LogP contribution in [-0.2, 0) is 4.79 Å². The van der Waals surface area contributed by atoms with Gasteiger partial charge in [0.2, 0.25) is 6.41 Å². The summed E-state index contributed by atoms with van der Waals surface area (Å²) in [5.74, 6) is 0.999. The molecule has 0 saturated carbocycles. The van der Waals surface area contributed by atoms with Crippen molar-refractivity contribution in [2.45, 2.75) is 13.8 Å². The van der Waals surface area contributed by atoms with E-state index in [-0.39, 0.29) is 5.91 Å². The number of hydrogen-bond donors (Lipinski definition) is 1. The minimum atomic E-state index is -0.262. The van der Waals surface area contributed by atoms with E-state index in [0.29, 0.717) is 43.5 Å². The average Bonchev–Trinajstić information content (AvgIpc) is 2.63. The minimum absolute atomic E-state index is 0.262. The van der Waals surface area contributed by atoms with Crippen LogP contribution in [0.1, 0.15) is 21.9 Å². The third-order valence-corrected chi connectivity index (χ3v) is 4.15. The van der Waals surface area contributed by atoms with Crippen molar-refractivity contribution in [2.24, 2.45) is 0 Å². The summed E-state index contributed by atoms with van der Waals surface area (Å²) in [6.07, 6.45) is 0.864. The number of carbonyl (C=O) groups excluding carboxylic acids is 2. The summed E-state index contributed by atoms with van der Waals surface area (Å²) in [4.78, 5) is 35.8. The summed E-state index contributed by atoms with van der Waals surface area (Å²) in [6.45, 7) is 6.45. The van der Waals surface area contributed by atoms with Crippen LogP contribution in [0.2, 0.25) is 0 Å². The van der Waals surface area contributed by atoms with Gasteiger partial charge in [-0.05, 0) is 26.0 Å². The van der Waals surface area contributed by atoms with E-state index in [4.69, 9.17) is 0 Å². The van der Waals surface area contributed by atoms with Crippen molar-refractivity contribution in [3.63, 3.8) is 0 Å². The molecule has 0 atom stereocenters. The minimum Gasteiger partial charge on any atom is -0.353 e. The van der Waals surface area contributed by atoms with E-state index < -0.39 is 0 Å². The normalized spacial score (nSPS) is 14.3. The second kappa shape index (κ2) is 7.29. The number of nitrogens with zero attached hydrogens (tertiary/aromatic N) is 4. The molecule has 0 unspecified atom stereocenters. The number of benzene rings is 1. The van der Waals surface area contributed by atoms with Gasteiger partial charge in [0.15, 0.2) is 0 Å². The van der Waals surface area contributed by atoms with Crippen molar-refractivity contribution in [1.29, 1.82) is 0 Å². The van der Waals surface area contributed by atoms with Gasteiger partial charge in [-0.2, -0.15) is 0 Å². The number of carbonyl (C=O) groups is 2. The Kier molecular flexibility index (Phi) is 4.92. The molecular formula is C18H21N5O2. The van der Waals surface area contributed by atoms with Gasteiger partial charge in [-0.1, -0.05) is 17.7 Å². The molecule has 1 aliphatic rings. The second-order valence-corrected chi connectivity index (χ2v) is 6.11. The molecule has 1 aliphatic heterocycles. The molecule has 0 bridgehead atoms. The molecule has 0 aliphatic carbocycles. The first-order valence-electron chi connectivity index (χ1n) is 8.23. The molecule has 25 heavy (non-hydrogen) atoms. The van der Waals surface area contributed by atoms with Crippen LogP contribution in [-0.4, -0.2) is 53.4 Å². The zero-order valence-electron chi connectivity index (χ0n) is 14.4. The summed E-state index contributed by atoms with van der Waals surface area (Å²) < 4.78 is 0. The lowest BCUT2D eigenvalue weighted by Gasteiger charge is -2.33. The highest BCUT2D eigenvalue weighted by Crippen LogP contribution is 2.16. The average molecular weight is 339 g/mol. The summed E-state index contributed by atoms with van der Waals surface area (Å²) in [7, 11) is 0. The molecule has 1 N–H and O–H groups in total. The Hall–Kier alpha value is -2.96. The van der Waals surface area contributed by atoms with Gasteiger partial charge in [-0.25, -0.2) is 9.97 Å². The predicted molar refractivity (Wildman–Crippen MR) is 95.8 cm³/mol. The molecule has 2 amide bonds. The van der Waals surface area contributed by atoms with Crippen molar-refractivity contribution in [3.05, 3.63) is 47.4 Å². The number of aryl methyl sites for hydroxylation is 2. The lowest BCUT2D eigenvalue weighted by atomic mass is 10.2. The van der Waals surface area contributed by atoms with Gasteiger partial charge in [-0.15, -0.1) is 0 Å². The number of nitrogens with one attached hydrogen (secondary N) is 1. The van der Waals surface area contributed by atoms with Crippen LogP contribution >= 0.6 is 0 Å². The molecule has 130 valence electrons. The Bertz CT molecular complexity index is 768. The highest BCUT2D eigenvalue weighted by Gasteiger charge is 2.19. The highest BCUT2D eigenvalue weighted by molar-refractivity contribution is 6.03. The summed E-state index contributed by atoms with van der Waals surface area (Å²) in [5.41, 5.74) is 2.20. The van der Waals surface area contributed by atoms with Crippen molar-refractivity contribution in [2.75, 3.05) is 36.4 Å². The number of rotatable bonds is 4. The van der Waals surface area contributed by atoms with Gasteiger partial charge in [0.05, 0.1) is 0 Å². The molecule has 1 fully saturated rings. The lowest BCUT2D eigenvalue weighted by molar-refractivity contribution is -0.118. The first-order valence-corrected chi connectivity index (χ1v) is 8.23. The summed E-state index contributed by atoms with van der Waals surface area (Å²) in [6, 6.07) is 9.31. The SMILES string of the molecule is Cc1ccc(NC(=O)c2cc(N3CCN(C=O)CC3)nc(C)n2)cc1. The number of amides is 2. The first-order chi connectivity index (χ1) is 12.0. The molecule has 1 saturated heterocycles. The quantitative estimate of drug-likeness (QED) is 0.857. The molecule has 2 heterocycles. The van der Waals surface area contributed by atoms with E-state index in [2.05, 4.69) is 20.2 Å². The predicted octanol–water partition coefficient (Wildman–Crippen LogP) is 1.62. The van der Waals surface area contributed by atoms with E-state index in [1.165, 1.54) is 0 Å². The van der Waals surface area contributed by atoms with Crippen molar-refractivity contribution < 1.29 is 9.59 Å². The highest BCUT2D eigenvalue weighted by atomic mass is 16.2. The molecule has 0 radical (unpaired) electrons. The van der Waals surface area contributed by atoms with Crippen molar-refractivity contribution in [1.82, 2.24) is 14.9 Å². The van der Waals surface area contributed by atoms with Gasteiger partial charge < -0.3 is 15.1 Å². The fraction of sp³-hybridized carbons (Fsp3) is 0.333. The molecule has 3 rings (SSSR count). The van der Waals surface area contributed by atoms with E-state index in [9.17, 15) is 9.59 Å². The molecular weight excluding hydrogens is 318 g/mol. The standard InChI is InChI=1S/C18H21N5O2/c1-13-3-5-15(6-4-13)21-18(25)16-11-17(20-14(2)19-16)23-9-7-22(12-24)8-10-23/h3-6,11-12H,7-10H2,1-2H3,(H,21,25). The van der Waals surface area contributed by atoms with Crippen LogP contribution in [0.4, 0.5) is 11.5 Å². The number of anilines is 2. The van der Waals surface area contributed by atoms with Crippen molar-refractivity contribution >= 4 is 23.8 Å². The first kappa shape index (κ1) is 16.9. The van der Waals surface area contributed by atoms with Gasteiger partial charge in [0.25, 0.3) is 5.91 Å². The molecule has 2 aromatic rings. The molecule has 0 spiro atoms. The Morgan fingerprint density at radius 1 is 1.08 bits per heavy atom. The summed E-state index contributed by atoms with van der Waals surface area (Å²) >= 11 is 0. The van der Waals surface area contributed by atoms with Gasteiger partial charge in [-0.3, -0.25) is 9.59 Å². The molecule has 7 nitrogen and oxygen atoms in total. The largest absolute Gasteiger partial charge is 0.353 e. The maximum Gasteiger partial charge on any atom is 0.274 e. The van der Waals surface area contributed by atoms with Gasteiger partial charge in [0.1, 0.15) is 17.3 Å². The fourth-order valence-corrected chi connectivity index (χ4v) is 2.72. The summed E-state index contributed by atoms with van der Waals surface area (Å²) in [5, 5.41) is 2.86. The van der Waals surface area contributed by atoms with E-state index >= 15 is 0 Å². The molecule has 7 heteroatoms. The molecule has 1 aromatic heterocycles. The van der Waals surface area contributed by atoms with E-state index in [1.807, 2.05) is 31.2 Å². The zero-order chi connectivity index (χ0) is 17.8. The molecule has 1 aromatic carbocycles. The van der Waals surface area contributed by atoms with E-state index in [0.717, 1.165) is 17.7 Å². The van der Waals surface area contributed by atoms with Crippen LogP contribution in [0.25, 0.3) is 0 Å². The Balaban J connectivity index is 1.75. The maximum atomic E-state index is 12.5. The van der Waals surface area contributed by atoms with Crippen LogP contribution in [0.3, 0.4) is 0 Å². The third kappa shape index (κ3) is 4.12. The second-order valence-electron chi connectivity index (χ2n) is 6.11. The van der Waals surface area contributed by atoms with Crippen LogP contribution in [0.15, 0.2) is 30.3 Å². The van der Waals surface area contributed by atoms with Crippen molar-refractivity contribution in [3.8, 4) is 0 Å². The zero-order valence-corrected chi connectivity index (χ0v) is 14.4.